The van der Waals surface area contributed by atoms with Crippen LogP contribution in [0.1, 0.15) is 33.3 Å². The fourth-order valence-corrected chi connectivity index (χ4v) is 2.35. The van der Waals surface area contributed by atoms with Gasteiger partial charge in [0.2, 0.25) is 10.0 Å². The molecule has 0 fully saturated rings. The van der Waals surface area contributed by atoms with Crippen molar-refractivity contribution in [3.05, 3.63) is 29.8 Å². The van der Waals surface area contributed by atoms with Crippen LogP contribution in [0.4, 0.5) is 5.69 Å². The third kappa shape index (κ3) is 3.71. The normalized spacial score (nSPS) is 14.3. The molecular weight excluding hydrogens is 248 g/mol. The van der Waals surface area contributed by atoms with Crippen LogP contribution in [0.25, 0.3) is 0 Å². The first-order valence-corrected chi connectivity index (χ1v) is 7.53. The fraction of sp³-hybridized carbons (Fsp3) is 0.538. The number of nitrogens with two attached hydrogens (primary N) is 1. The predicted molar refractivity (Wildman–Crippen MR) is 76.2 cm³/mol. The van der Waals surface area contributed by atoms with Gasteiger partial charge in [0.25, 0.3) is 0 Å². The summed E-state index contributed by atoms with van der Waals surface area (Å²) in [5.74, 6) is 0. The third-order valence-corrected chi connectivity index (χ3v) is 4.64. The Morgan fingerprint density at radius 2 is 1.72 bits per heavy atom. The molecule has 0 amide bonds. The van der Waals surface area contributed by atoms with Crippen LogP contribution in [0.3, 0.4) is 0 Å². The van der Waals surface area contributed by atoms with Crippen LogP contribution < -0.4 is 10.5 Å². The van der Waals surface area contributed by atoms with Gasteiger partial charge in [-0.2, -0.15) is 0 Å². The van der Waals surface area contributed by atoms with Gasteiger partial charge >= 0.3 is 0 Å². The summed E-state index contributed by atoms with van der Waals surface area (Å²) in [6.45, 7) is 8.04. The molecule has 0 saturated carbocycles. The molecule has 0 aliphatic heterocycles. The molecule has 0 aromatic heterocycles. The number of hydrogen-bond donors (Lipinski definition) is 2. The number of benzene rings is 1. The van der Waals surface area contributed by atoms with Gasteiger partial charge in [0, 0.05) is 12.2 Å². The second-order valence-corrected chi connectivity index (χ2v) is 7.62. The number of sulfonamides is 1. The van der Waals surface area contributed by atoms with E-state index in [1.165, 1.54) is 0 Å². The zero-order valence-electron chi connectivity index (χ0n) is 11.4. The highest BCUT2D eigenvalue weighted by molar-refractivity contribution is 7.93. The molecule has 3 N–H and O–H groups in total. The molecule has 0 saturated heterocycles. The van der Waals surface area contributed by atoms with Crippen LogP contribution >= 0.6 is 0 Å². The third-order valence-electron chi connectivity index (χ3n) is 2.87. The van der Waals surface area contributed by atoms with Crippen LogP contribution in [-0.4, -0.2) is 20.2 Å². The highest BCUT2D eigenvalue weighted by atomic mass is 32.2. The summed E-state index contributed by atoms with van der Waals surface area (Å²) in [7, 11) is -3.39. The Hall–Kier alpha value is -1.07. The standard InChI is InChI=1S/C13H22N2O2S/c1-10(9-14)18(16,17)15-12-7-5-11(6-8-12)13(2,3)4/h5-8,10,15H,9,14H2,1-4H3. The molecule has 4 nitrogen and oxygen atoms in total. The lowest BCUT2D eigenvalue weighted by atomic mass is 9.87. The number of rotatable bonds is 4. The molecule has 1 unspecified atom stereocenters. The first-order chi connectivity index (χ1) is 8.16. The smallest absolute Gasteiger partial charge is 0.236 e. The zero-order chi connectivity index (χ0) is 14.0. The van der Waals surface area contributed by atoms with E-state index in [9.17, 15) is 8.42 Å². The van der Waals surface area contributed by atoms with Crippen LogP contribution in [0.15, 0.2) is 24.3 Å². The maximum Gasteiger partial charge on any atom is 0.236 e. The molecule has 18 heavy (non-hydrogen) atoms. The minimum atomic E-state index is -3.39. The van der Waals surface area contributed by atoms with E-state index in [2.05, 4.69) is 25.5 Å². The largest absolute Gasteiger partial charge is 0.329 e. The summed E-state index contributed by atoms with van der Waals surface area (Å²) in [5, 5.41) is -0.597. The van der Waals surface area contributed by atoms with Crippen molar-refractivity contribution in [3.63, 3.8) is 0 Å². The molecule has 0 aliphatic rings. The summed E-state index contributed by atoms with van der Waals surface area (Å²) in [6.07, 6.45) is 0. The molecule has 0 aliphatic carbocycles. The van der Waals surface area contributed by atoms with Crippen molar-refractivity contribution in [2.45, 2.75) is 38.4 Å². The van der Waals surface area contributed by atoms with E-state index in [1.807, 2.05) is 12.1 Å². The van der Waals surface area contributed by atoms with Gasteiger partial charge in [-0.3, -0.25) is 4.72 Å². The summed E-state index contributed by atoms with van der Waals surface area (Å²) in [6, 6.07) is 7.43. The lowest BCUT2D eigenvalue weighted by Gasteiger charge is -2.19. The van der Waals surface area contributed by atoms with Gasteiger partial charge < -0.3 is 5.73 Å². The number of anilines is 1. The highest BCUT2D eigenvalue weighted by Crippen LogP contribution is 2.24. The number of hydrogen-bond acceptors (Lipinski definition) is 3. The molecule has 0 bridgehead atoms. The van der Waals surface area contributed by atoms with Crippen molar-refractivity contribution in [2.24, 2.45) is 5.73 Å². The second kappa shape index (κ2) is 5.28. The van der Waals surface area contributed by atoms with Gasteiger partial charge in [-0.25, -0.2) is 8.42 Å². The average molecular weight is 270 g/mol. The Morgan fingerprint density at radius 3 is 2.11 bits per heavy atom. The molecule has 1 aromatic carbocycles. The van der Waals surface area contributed by atoms with E-state index < -0.39 is 15.3 Å². The quantitative estimate of drug-likeness (QED) is 0.879. The zero-order valence-corrected chi connectivity index (χ0v) is 12.2. The Labute approximate surface area is 110 Å². The molecule has 1 rings (SSSR count). The lowest BCUT2D eigenvalue weighted by molar-refractivity contribution is 0.589. The lowest BCUT2D eigenvalue weighted by Crippen LogP contribution is -2.31. The van der Waals surface area contributed by atoms with E-state index in [0.717, 1.165) is 5.56 Å². The first-order valence-electron chi connectivity index (χ1n) is 5.99. The van der Waals surface area contributed by atoms with E-state index >= 15 is 0 Å². The van der Waals surface area contributed by atoms with Gasteiger partial charge in [-0.1, -0.05) is 32.9 Å². The van der Waals surface area contributed by atoms with E-state index in [0.29, 0.717) is 5.69 Å². The van der Waals surface area contributed by atoms with E-state index in [4.69, 9.17) is 5.73 Å². The fourth-order valence-electron chi connectivity index (χ4n) is 1.43. The van der Waals surface area contributed by atoms with Crippen molar-refractivity contribution in [1.82, 2.24) is 0 Å². The summed E-state index contributed by atoms with van der Waals surface area (Å²) < 4.78 is 26.2. The van der Waals surface area contributed by atoms with Gasteiger partial charge in [0.1, 0.15) is 0 Å². The van der Waals surface area contributed by atoms with Crippen molar-refractivity contribution >= 4 is 15.7 Å². The summed E-state index contributed by atoms with van der Waals surface area (Å²) >= 11 is 0. The van der Waals surface area contributed by atoms with Crippen LogP contribution in [-0.2, 0) is 15.4 Å². The second-order valence-electron chi connectivity index (χ2n) is 5.52. The topological polar surface area (TPSA) is 72.2 Å². The van der Waals surface area contributed by atoms with Gasteiger partial charge in [0.15, 0.2) is 0 Å². The molecule has 0 radical (unpaired) electrons. The van der Waals surface area contributed by atoms with E-state index in [1.54, 1.807) is 19.1 Å². The first kappa shape index (κ1) is 15.0. The summed E-state index contributed by atoms with van der Waals surface area (Å²) in [4.78, 5) is 0. The van der Waals surface area contributed by atoms with Crippen LogP contribution in [0.5, 0.6) is 0 Å². The molecule has 102 valence electrons. The molecular formula is C13H22N2O2S. The monoisotopic (exact) mass is 270 g/mol. The van der Waals surface area contributed by atoms with Gasteiger partial charge in [-0.05, 0) is 30.0 Å². The van der Waals surface area contributed by atoms with Gasteiger partial charge in [0.05, 0.1) is 5.25 Å². The van der Waals surface area contributed by atoms with Crippen molar-refractivity contribution in [2.75, 3.05) is 11.3 Å². The SMILES string of the molecule is CC(CN)S(=O)(=O)Nc1ccc(C(C)(C)C)cc1. The van der Waals surface area contributed by atoms with Crippen molar-refractivity contribution in [3.8, 4) is 0 Å². The van der Waals surface area contributed by atoms with Gasteiger partial charge in [-0.15, -0.1) is 0 Å². The Kier molecular flexibility index (Phi) is 4.40. The summed E-state index contributed by atoms with van der Waals surface area (Å²) in [5.41, 5.74) is 7.17. The highest BCUT2D eigenvalue weighted by Gasteiger charge is 2.19. The Balaban J connectivity index is 2.89. The predicted octanol–water partition coefficient (Wildman–Crippen LogP) is 2.07. The van der Waals surface area contributed by atoms with E-state index in [-0.39, 0.29) is 12.0 Å². The van der Waals surface area contributed by atoms with Crippen LogP contribution in [0.2, 0.25) is 0 Å². The molecule has 0 heterocycles. The Morgan fingerprint density at radius 1 is 1.22 bits per heavy atom. The molecule has 1 atom stereocenters. The maximum absolute atomic E-state index is 11.8. The minimum absolute atomic E-state index is 0.0575. The molecule has 5 heteroatoms. The molecule has 1 aromatic rings. The van der Waals surface area contributed by atoms with Crippen molar-refractivity contribution < 1.29 is 8.42 Å². The Bertz CT molecular complexity index is 487. The maximum atomic E-state index is 11.8. The average Bonchev–Trinajstić information content (AvgIpc) is 2.26. The minimum Gasteiger partial charge on any atom is -0.329 e. The van der Waals surface area contributed by atoms with Crippen molar-refractivity contribution in [1.29, 1.82) is 0 Å². The van der Waals surface area contributed by atoms with Crippen LogP contribution in [0, 0.1) is 0 Å². The molecule has 0 spiro atoms. The number of nitrogens with one attached hydrogen (secondary N) is 1.